The summed E-state index contributed by atoms with van der Waals surface area (Å²) in [5, 5.41) is 7.50. The molecule has 5 nitrogen and oxygen atoms in total. The largest absolute Gasteiger partial charge is 0.309 e. The van der Waals surface area contributed by atoms with E-state index in [2.05, 4.69) is 192 Å². The Morgan fingerprint density at radius 1 is 0.548 bits per heavy atom. The van der Waals surface area contributed by atoms with Crippen LogP contribution < -0.4 is 0 Å². The first kappa shape index (κ1) is 34.7. The number of para-hydroxylation sites is 2. The molecule has 0 N–H and O–H groups in total. The van der Waals surface area contributed by atoms with Gasteiger partial charge in [-0.05, 0) is 105 Å². The zero-order valence-corrected chi connectivity index (χ0v) is 34.0. The summed E-state index contributed by atoms with van der Waals surface area (Å²) in [6.45, 7) is 10.2. The van der Waals surface area contributed by atoms with Crippen LogP contribution in [0.25, 0.3) is 94.1 Å². The number of allylic oxidation sites excluding steroid dienone is 4. The van der Waals surface area contributed by atoms with Crippen LogP contribution in [0, 0.1) is 0 Å². The van der Waals surface area contributed by atoms with Gasteiger partial charge >= 0.3 is 0 Å². The van der Waals surface area contributed by atoms with Gasteiger partial charge in [0.15, 0.2) is 11.6 Å². The van der Waals surface area contributed by atoms with E-state index in [0.717, 1.165) is 44.2 Å². The molecule has 5 heteroatoms. The molecular formula is C57H37N5. The number of hydrogen-bond acceptors (Lipinski definition) is 3. The smallest absolute Gasteiger partial charge is 0.238 e. The first-order valence-corrected chi connectivity index (χ1v) is 21.1. The fourth-order valence-corrected chi connectivity index (χ4v) is 10.9. The van der Waals surface area contributed by atoms with Crippen LogP contribution in [0.2, 0.25) is 0 Å². The molecular weight excluding hydrogens is 755 g/mol. The molecule has 2 aliphatic rings. The lowest BCUT2D eigenvalue weighted by atomic mass is 9.63. The molecule has 11 aromatic rings. The zero-order valence-electron chi connectivity index (χ0n) is 34.0. The zero-order chi connectivity index (χ0) is 41.3. The molecule has 290 valence electrons. The van der Waals surface area contributed by atoms with E-state index in [1.54, 1.807) is 6.08 Å². The Bertz CT molecular complexity index is 3740. The fraction of sp³-hybridized carbons (Fsp3) is 0.0351. The summed E-state index contributed by atoms with van der Waals surface area (Å²) in [4.78, 5) is 15.5. The van der Waals surface area contributed by atoms with Crippen LogP contribution in [0.3, 0.4) is 0 Å². The molecule has 0 aliphatic heterocycles. The number of aromatic nitrogens is 5. The second-order valence-corrected chi connectivity index (χ2v) is 16.5. The molecule has 0 saturated carbocycles. The molecule has 0 amide bonds. The van der Waals surface area contributed by atoms with E-state index in [4.69, 9.17) is 15.0 Å². The number of fused-ring (bicyclic) bond motifs is 7. The van der Waals surface area contributed by atoms with Crippen molar-refractivity contribution in [1.82, 2.24) is 24.1 Å². The molecule has 1 atom stereocenters. The lowest BCUT2D eigenvalue weighted by Gasteiger charge is -2.37. The van der Waals surface area contributed by atoms with Crippen molar-refractivity contribution < 1.29 is 0 Å². The van der Waals surface area contributed by atoms with Crippen molar-refractivity contribution in [2.45, 2.75) is 12.3 Å². The third-order valence-corrected chi connectivity index (χ3v) is 13.3. The van der Waals surface area contributed by atoms with Gasteiger partial charge in [0.1, 0.15) is 0 Å². The molecule has 62 heavy (non-hydrogen) atoms. The summed E-state index contributed by atoms with van der Waals surface area (Å²) in [5.41, 5.74) is 15.6. The predicted molar refractivity (Wildman–Crippen MR) is 255 cm³/mol. The fourth-order valence-electron chi connectivity index (χ4n) is 10.9. The average Bonchev–Trinajstić information content (AvgIpc) is 3.95. The van der Waals surface area contributed by atoms with Crippen molar-refractivity contribution in [3.8, 4) is 34.2 Å². The van der Waals surface area contributed by atoms with Gasteiger partial charge in [-0.25, -0.2) is 4.98 Å². The van der Waals surface area contributed by atoms with Crippen LogP contribution in [-0.2, 0) is 5.41 Å². The molecule has 3 aromatic heterocycles. The van der Waals surface area contributed by atoms with Crippen molar-refractivity contribution in [3.63, 3.8) is 0 Å². The van der Waals surface area contributed by atoms with E-state index in [9.17, 15) is 0 Å². The molecule has 0 radical (unpaired) electrons. The van der Waals surface area contributed by atoms with Crippen molar-refractivity contribution in [1.29, 1.82) is 0 Å². The highest BCUT2D eigenvalue weighted by Crippen LogP contribution is 2.63. The van der Waals surface area contributed by atoms with Gasteiger partial charge in [0.05, 0.1) is 27.5 Å². The standard InChI is InChI=1S/C57H37N5/c1-4-15-39(34(2)3)55-58-54(59-56(60-55)62-46-24-12-9-20-41(46)42-21-10-13-25-47(42)62)36-26-29-38(30-27-36)61-48-32-28-35-16-14-23-45-50(35)51(48)52-49(61)33-31-43-40-19-8-11-22-44(40)57(45,53(43)52)37-17-6-5-7-18-37/h4-33H,1-2H2,3H3/b39-15+. The molecule has 2 aliphatic carbocycles. The maximum Gasteiger partial charge on any atom is 0.238 e. The van der Waals surface area contributed by atoms with E-state index in [1.807, 2.05) is 13.0 Å². The maximum atomic E-state index is 5.23. The topological polar surface area (TPSA) is 48.5 Å². The molecule has 1 unspecified atom stereocenters. The van der Waals surface area contributed by atoms with Gasteiger partial charge in [-0.2, -0.15) is 9.97 Å². The molecule has 0 saturated heterocycles. The second-order valence-electron chi connectivity index (χ2n) is 16.5. The number of rotatable bonds is 7. The summed E-state index contributed by atoms with van der Waals surface area (Å²) in [6, 6.07) is 61.9. The Kier molecular flexibility index (Phi) is 7.09. The lowest BCUT2D eigenvalue weighted by molar-refractivity contribution is 0.782. The van der Waals surface area contributed by atoms with E-state index < -0.39 is 5.41 Å². The van der Waals surface area contributed by atoms with Gasteiger partial charge in [-0.3, -0.25) is 4.57 Å². The summed E-state index contributed by atoms with van der Waals surface area (Å²) < 4.78 is 4.59. The molecule has 0 bridgehead atoms. The summed E-state index contributed by atoms with van der Waals surface area (Å²) in [7, 11) is 0. The minimum absolute atomic E-state index is 0.448. The minimum Gasteiger partial charge on any atom is -0.309 e. The first-order chi connectivity index (χ1) is 30.6. The molecule has 0 spiro atoms. The van der Waals surface area contributed by atoms with E-state index in [1.165, 1.54) is 66.0 Å². The highest BCUT2D eigenvalue weighted by atomic mass is 15.2. The van der Waals surface area contributed by atoms with Crippen LogP contribution in [0.4, 0.5) is 0 Å². The molecule has 3 heterocycles. The number of benzene rings is 8. The molecule has 0 fully saturated rings. The van der Waals surface area contributed by atoms with Crippen LogP contribution >= 0.6 is 0 Å². The molecule has 13 rings (SSSR count). The monoisotopic (exact) mass is 791 g/mol. The van der Waals surface area contributed by atoms with Gasteiger partial charge < -0.3 is 4.57 Å². The van der Waals surface area contributed by atoms with Crippen molar-refractivity contribution in [2.24, 2.45) is 0 Å². The SMILES string of the molecule is C=C/C=C(\C(=C)C)c1nc(-c2ccc(-n3c4ccc5c6c4c4c7c(cccc7ccc43)C6(c3ccccc3)c3ccccc3-5)cc2)nc(-n2c3ccccc3c3ccccc32)n1. The van der Waals surface area contributed by atoms with E-state index in [-0.39, 0.29) is 0 Å². The quantitative estimate of drug-likeness (QED) is 0.151. The van der Waals surface area contributed by atoms with E-state index >= 15 is 0 Å². The predicted octanol–water partition coefficient (Wildman–Crippen LogP) is 13.7. The third-order valence-electron chi connectivity index (χ3n) is 13.3. The van der Waals surface area contributed by atoms with Crippen molar-refractivity contribution >= 4 is 60.0 Å². The summed E-state index contributed by atoms with van der Waals surface area (Å²) in [6.07, 6.45) is 3.68. The Labute approximate surface area is 357 Å². The average molecular weight is 792 g/mol. The highest BCUT2D eigenvalue weighted by Gasteiger charge is 2.50. The van der Waals surface area contributed by atoms with Gasteiger partial charge in [-0.15, -0.1) is 0 Å². The summed E-state index contributed by atoms with van der Waals surface area (Å²) >= 11 is 0. The normalized spacial score (nSPS) is 15.1. The Morgan fingerprint density at radius 2 is 1.23 bits per heavy atom. The minimum atomic E-state index is -0.448. The number of hydrogen-bond donors (Lipinski definition) is 0. The van der Waals surface area contributed by atoms with Crippen molar-refractivity contribution in [3.05, 3.63) is 229 Å². The second kappa shape index (κ2) is 12.7. The van der Waals surface area contributed by atoms with Gasteiger partial charge in [0.2, 0.25) is 5.95 Å². The lowest BCUT2D eigenvalue weighted by Crippen LogP contribution is -2.30. The third kappa shape index (κ3) is 4.44. The molecule has 8 aromatic carbocycles. The Morgan fingerprint density at radius 3 is 1.98 bits per heavy atom. The Hall–Kier alpha value is -8.15. The van der Waals surface area contributed by atoms with Gasteiger partial charge in [0, 0.05) is 38.4 Å². The number of nitrogens with zero attached hydrogens (tertiary/aromatic N) is 5. The van der Waals surface area contributed by atoms with Crippen LogP contribution in [0.15, 0.2) is 201 Å². The van der Waals surface area contributed by atoms with Crippen LogP contribution in [-0.4, -0.2) is 24.1 Å². The Balaban J connectivity index is 1.04. The van der Waals surface area contributed by atoms with Crippen molar-refractivity contribution in [2.75, 3.05) is 0 Å². The first-order valence-electron chi connectivity index (χ1n) is 21.1. The van der Waals surface area contributed by atoms with Gasteiger partial charge in [0.25, 0.3) is 0 Å². The van der Waals surface area contributed by atoms with Crippen LogP contribution in [0.5, 0.6) is 0 Å². The van der Waals surface area contributed by atoms with Crippen LogP contribution in [0.1, 0.15) is 35.0 Å². The van der Waals surface area contributed by atoms with E-state index in [0.29, 0.717) is 17.6 Å². The van der Waals surface area contributed by atoms with Gasteiger partial charge in [-0.1, -0.05) is 147 Å². The summed E-state index contributed by atoms with van der Waals surface area (Å²) in [5.74, 6) is 1.67. The highest BCUT2D eigenvalue weighted by molar-refractivity contribution is 6.28. The maximum absolute atomic E-state index is 5.23.